The molecule has 6 nitrogen and oxygen atoms in total. The first kappa shape index (κ1) is 12.8. The maximum absolute atomic E-state index is 11.5. The van der Waals surface area contributed by atoms with E-state index in [0.29, 0.717) is 5.56 Å². The third-order valence-corrected chi connectivity index (χ3v) is 2.53. The lowest BCUT2D eigenvalue weighted by Crippen LogP contribution is -2.27. The number of nitrogens with zero attached hydrogens (tertiary/aromatic N) is 2. The highest BCUT2D eigenvalue weighted by molar-refractivity contribution is 5.82. The standard InChI is InChI=1S/C12H17N3O3/c1-11(2,3)18-10(16)15-9-13-6-8(7-14-9)12(17)4-5-12/h6-7,17H,4-5H2,1-3H3,(H,13,14,15,16). The second-order valence-corrected chi connectivity index (χ2v) is 5.45. The Labute approximate surface area is 105 Å². The molecule has 1 heterocycles. The molecule has 6 heteroatoms. The minimum absolute atomic E-state index is 0.164. The lowest BCUT2D eigenvalue weighted by atomic mass is 10.2. The Morgan fingerprint density at radius 1 is 1.39 bits per heavy atom. The van der Waals surface area contributed by atoms with Gasteiger partial charge in [-0.2, -0.15) is 0 Å². The molecule has 0 bridgehead atoms. The van der Waals surface area contributed by atoms with Gasteiger partial charge in [0.2, 0.25) is 5.95 Å². The third-order valence-electron chi connectivity index (χ3n) is 2.53. The van der Waals surface area contributed by atoms with Crippen LogP contribution in [0.1, 0.15) is 39.2 Å². The summed E-state index contributed by atoms with van der Waals surface area (Å²) in [7, 11) is 0. The summed E-state index contributed by atoms with van der Waals surface area (Å²) in [5.41, 5.74) is -0.644. The largest absolute Gasteiger partial charge is 0.444 e. The Kier molecular flexibility index (Phi) is 2.98. The quantitative estimate of drug-likeness (QED) is 0.837. The molecule has 1 fully saturated rings. The predicted molar refractivity (Wildman–Crippen MR) is 65.0 cm³/mol. The van der Waals surface area contributed by atoms with Gasteiger partial charge in [-0.15, -0.1) is 0 Å². The highest BCUT2D eigenvalue weighted by Crippen LogP contribution is 2.44. The van der Waals surface area contributed by atoms with Crippen molar-refractivity contribution in [2.75, 3.05) is 5.32 Å². The van der Waals surface area contributed by atoms with Crippen LogP contribution in [0, 0.1) is 0 Å². The van der Waals surface area contributed by atoms with E-state index in [4.69, 9.17) is 4.74 Å². The van der Waals surface area contributed by atoms with E-state index in [2.05, 4.69) is 15.3 Å². The number of hydrogen-bond donors (Lipinski definition) is 2. The molecule has 1 aliphatic rings. The van der Waals surface area contributed by atoms with Crippen LogP contribution in [-0.2, 0) is 10.3 Å². The van der Waals surface area contributed by atoms with Gasteiger partial charge in [-0.1, -0.05) is 0 Å². The summed E-state index contributed by atoms with van der Waals surface area (Å²) in [4.78, 5) is 19.4. The number of nitrogens with one attached hydrogen (secondary N) is 1. The highest BCUT2D eigenvalue weighted by atomic mass is 16.6. The highest BCUT2D eigenvalue weighted by Gasteiger charge is 2.42. The van der Waals surface area contributed by atoms with E-state index in [1.54, 1.807) is 20.8 Å². The first-order chi connectivity index (χ1) is 8.28. The molecule has 98 valence electrons. The number of anilines is 1. The first-order valence-electron chi connectivity index (χ1n) is 5.83. The van der Waals surface area contributed by atoms with Crippen molar-refractivity contribution in [1.29, 1.82) is 0 Å². The predicted octanol–water partition coefficient (Wildman–Crippen LogP) is 1.80. The normalized spacial score (nSPS) is 17.1. The van der Waals surface area contributed by atoms with Crippen LogP contribution in [-0.4, -0.2) is 26.8 Å². The molecule has 1 saturated carbocycles. The zero-order chi connectivity index (χ0) is 13.4. The maximum atomic E-state index is 11.5. The number of carbonyl (C=O) groups is 1. The van der Waals surface area contributed by atoms with Crippen molar-refractivity contribution in [3.63, 3.8) is 0 Å². The van der Waals surface area contributed by atoms with Crippen molar-refractivity contribution in [2.45, 2.75) is 44.8 Å². The summed E-state index contributed by atoms with van der Waals surface area (Å²) in [6.07, 6.45) is 3.91. The van der Waals surface area contributed by atoms with Gasteiger partial charge in [-0.3, -0.25) is 5.32 Å². The summed E-state index contributed by atoms with van der Waals surface area (Å²) >= 11 is 0. The molecule has 0 spiro atoms. The molecule has 1 amide bonds. The van der Waals surface area contributed by atoms with Crippen LogP contribution in [0.3, 0.4) is 0 Å². The van der Waals surface area contributed by atoms with E-state index >= 15 is 0 Å². The molecule has 2 rings (SSSR count). The fourth-order valence-corrected chi connectivity index (χ4v) is 1.43. The summed E-state index contributed by atoms with van der Waals surface area (Å²) in [5, 5.41) is 12.3. The number of carbonyl (C=O) groups excluding carboxylic acids is 1. The molecule has 0 saturated heterocycles. The van der Waals surface area contributed by atoms with Crippen LogP contribution in [0.2, 0.25) is 0 Å². The molecule has 1 aliphatic carbocycles. The third kappa shape index (κ3) is 3.16. The van der Waals surface area contributed by atoms with Gasteiger partial charge >= 0.3 is 6.09 Å². The Hall–Kier alpha value is -1.69. The van der Waals surface area contributed by atoms with Crippen molar-refractivity contribution < 1.29 is 14.6 Å². The van der Waals surface area contributed by atoms with Gasteiger partial charge < -0.3 is 9.84 Å². The number of amides is 1. The van der Waals surface area contributed by atoms with Gasteiger partial charge in [0.1, 0.15) is 5.60 Å². The van der Waals surface area contributed by atoms with E-state index in [1.807, 2.05) is 0 Å². The van der Waals surface area contributed by atoms with Crippen LogP contribution in [0.25, 0.3) is 0 Å². The van der Waals surface area contributed by atoms with Crippen LogP contribution < -0.4 is 5.32 Å². The number of ether oxygens (including phenoxy) is 1. The zero-order valence-electron chi connectivity index (χ0n) is 10.7. The summed E-state index contributed by atoms with van der Waals surface area (Å²) in [5.74, 6) is 0.164. The number of hydrogen-bond acceptors (Lipinski definition) is 5. The van der Waals surface area contributed by atoms with Crippen molar-refractivity contribution in [3.05, 3.63) is 18.0 Å². The van der Waals surface area contributed by atoms with Crippen molar-refractivity contribution >= 4 is 12.0 Å². The van der Waals surface area contributed by atoms with Crippen molar-refractivity contribution in [3.8, 4) is 0 Å². The number of aliphatic hydroxyl groups is 1. The van der Waals surface area contributed by atoms with E-state index < -0.39 is 17.3 Å². The van der Waals surface area contributed by atoms with E-state index in [0.717, 1.165) is 12.8 Å². The van der Waals surface area contributed by atoms with Gasteiger partial charge in [0, 0.05) is 18.0 Å². The average Bonchev–Trinajstić information content (AvgIpc) is 2.95. The Bertz CT molecular complexity index is 447. The Morgan fingerprint density at radius 3 is 2.39 bits per heavy atom. The molecule has 0 atom stereocenters. The Balaban J connectivity index is 1.96. The summed E-state index contributed by atoms with van der Waals surface area (Å²) < 4.78 is 5.07. The van der Waals surface area contributed by atoms with E-state index in [-0.39, 0.29) is 5.95 Å². The number of rotatable bonds is 2. The lowest BCUT2D eigenvalue weighted by molar-refractivity contribution is 0.0634. The minimum atomic E-state index is -0.759. The zero-order valence-corrected chi connectivity index (χ0v) is 10.7. The fraction of sp³-hybridized carbons (Fsp3) is 0.583. The van der Waals surface area contributed by atoms with Gasteiger partial charge in [0.05, 0.1) is 5.60 Å². The molecule has 18 heavy (non-hydrogen) atoms. The molecular weight excluding hydrogens is 234 g/mol. The Morgan fingerprint density at radius 2 is 1.94 bits per heavy atom. The van der Waals surface area contributed by atoms with Crippen molar-refractivity contribution in [1.82, 2.24) is 9.97 Å². The van der Waals surface area contributed by atoms with Crippen LogP contribution in [0.4, 0.5) is 10.7 Å². The second kappa shape index (κ2) is 4.20. The van der Waals surface area contributed by atoms with Crippen LogP contribution in [0.5, 0.6) is 0 Å². The molecule has 0 unspecified atom stereocenters. The first-order valence-corrected chi connectivity index (χ1v) is 5.83. The minimum Gasteiger partial charge on any atom is -0.444 e. The lowest BCUT2D eigenvalue weighted by Gasteiger charge is -2.19. The topological polar surface area (TPSA) is 84.3 Å². The van der Waals surface area contributed by atoms with Crippen LogP contribution in [0.15, 0.2) is 12.4 Å². The summed E-state index contributed by atoms with van der Waals surface area (Å²) in [6, 6.07) is 0. The molecule has 1 aromatic heterocycles. The van der Waals surface area contributed by atoms with E-state index in [1.165, 1.54) is 12.4 Å². The molecule has 0 aromatic carbocycles. The van der Waals surface area contributed by atoms with Crippen molar-refractivity contribution in [2.24, 2.45) is 0 Å². The number of aromatic nitrogens is 2. The summed E-state index contributed by atoms with van der Waals surface area (Å²) in [6.45, 7) is 5.33. The fourth-order valence-electron chi connectivity index (χ4n) is 1.43. The van der Waals surface area contributed by atoms with Gasteiger partial charge in [0.15, 0.2) is 0 Å². The van der Waals surface area contributed by atoms with E-state index in [9.17, 15) is 9.90 Å². The molecule has 1 aromatic rings. The average molecular weight is 251 g/mol. The van der Waals surface area contributed by atoms with Gasteiger partial charge in [-0.05, 0) is 33.6 Å². The van der Waals surface area contributed by atoms with Gasteiger partial charge in [0.25, 0.3) is 0 Å². The maximum Gasteiger partial charge on any atom is 0.414 e. The molecular formula is C12H17N3O3. The van der Waals surface area contributed by atoms with Crippen LogP contribution >= 0.6 is 0 Å². The second-order valence-electron chi connectivity index (χ2n) is 5.45. The SMILES string of the molecule is CC(C)(C)OC(=O)Nc1ncc(C2(O)CC2)cn1. The molecule has 0 radical (unpaired) electrons. The molecule has 2 N–H and O–H groups in total. The smallest absolute Gasteiger partial charge is 0.414 e. The molecule has 0 aliphatic heterocycles. The van der Waals surface area contributed by atoms with Gasteiger partial charge in [-0.25, -0.2) is 14.8 Å². The monoisotopic (exact) mass is 251 g/mol.